The molecular formula is C12H20N4S. The molecule has 2 heterocycles. The molecule has 1 aromatic rings. The van der Waals surface area contributed by atoms with Crippen LogP contribution in [0, 0.1) is 5.92 Å². The average Bonchev–Trinajstić information content (AvgIpc) is 2.88. The molecule has 0 amide bonds. The molecule has 17 heavy (non-hydrogen) atoms. The molecule has 1 aliphatic rings. The van der Waals surface area contributed by atoms with Crippen molar-refractivity contribution >= 4 is 16.9 Å². The summed E-state index contributed by atoms with van der Waals surface area (Å²) >= 11 is 1.84. The SMILES string of the molecule is CC(C)[C@H]1CSC(=NCCc2cnn(C)c2)N1. The fourth-order valence-electron chi connectivity index (χ4n) is 1.75. The fourth-order valence-corrected chi connectivity index (χ4v) is 2.97. The molecule has 0 unspecified atom stereocenters. The first-order chi connectivity index (χ1) is 8.15. The van der Waals surface area contributed by atoms with Crippen molar-refractivity contribution in [2.24, 2.45) is 18.0 Å². The molecule has 94 valence electrons. The molecule has 1 fully saturated rings. The molecule has 0 aliphatic carbocycles. The van der Waals surface area contributed by atoms with Crippen LogP contribution in [0.5, 0.6) is 0 Å². The molecule has 0 bridgehead atoms. The summed E-state index contributed by atoms with van der Waals surface area (Å²) in [5.41, 5.74) is 1.25. The van der Waals surface area contributed by atoms with E-state index >= 15 is 0 Å². The number of aromatic nitrogens is 2. The van der Waals surface area contributed by atoms with E-state index in [1.54, 1.807) is 0 Å². The van der Waals surface area contributed by atoms with Crippen molar-refractivity contribution in [3.63, 3.8) is 0 Å². The highest BCUT2D eigenvalue weighted by molar-refractivity contribution is 8.14. The molecule has 0 saturated carbocycles. The van der Waals surface area contributed by atoms with Crippen LogP contribution in [0.4, 0.5) is 0 Å². The highest BCUT2D eigenvalue weighted by Crippen LogP contribution is 2.18. The van der Waals surface area contributed by atoms with E-state index in [1.165, 1.54) is 5.56 Å². The maximum atomic E-state index is 4.59. The maximum absolute atomic E-state index is 4.59. The normalized spacial score (nSPS) is 22.4. The zero-order chi connectivity index (χ0) is 12.3. The second-order valence-corrected chi connectivity index (χ2v) is 5.77. The molecule has 1 N–H and O–H groups in total. The Labute approximate surface area is 107 Å². The summed E-state index contributed by atoms with van der Waals surface area (Å²) in [5, 5.41) is 8.73. The first-order valence-electron chi connectivity index (χ1n) is 6.06. The van der Waals surface area contributed by atoms with Gasteiger partial charge in [0.15, 0.2) is 5.17 Å². The van der Waals surface area contributed by atoms with Crippen molar-refractivity contribution in [1.29, 1.82) is 0 Å². The number of nitrogens with zero attached hydrogens (tertiary/aromatic N) is 3. The van der Waals surface area contributed by atoms with Crippen molar-refractivity contribution < 1.29 is 0 Å². The van der Waals surface area contributed by atoms with E-state index in [4.69, 9.17) is 0 Å². The Morgan fingerprint density at radius 2 is 2.47 bits per heavy atom. The average molecular weight is 252 g/mol. The zero-order valence-corrected chi connectivity index (χ0v) is 11.5. The summed E-state index contributed by atoms with van der Waals surface area (Å²) in [5.74, 6) is 1.82. The summed E-state index contributed by atoms with van der Waals surface area (Å²) in [6.45, 7) is 5.33. The lowest BCUT2D eigenvalue weighted by atomic mass is 10.1. The monoisotopic (exact) mass is 252 g/mol. The van der Waals surface area contributed by atoms with Gasteiger partial charge in [-0.25, -0.2) is 0 Å². The number of thioether (sulfide) groups is 1. The molecular weight excluding hydrogens is 232 g/mol. The summed E-state index contributed by atoms with van der Waals surface area (Å²) in [6, 6.07) is 0.581. The number of rotatable bonds is 4. The molecule has 0 aromatic carbocycles. The maximum Gasteiger partial charge on any atom is 0.156 e. The Balaban J connectivity index is 1.78. The number of aliphatic imine (C=N–C) groups is 1. The second kappa shape index (κ2) is 5.58. The number of nitrogens with one attached hydrogen (secondary N) is 1. The van der Waals surface area contributed by atoms with E-state index in [9.17, 15) is 0 Å². The van der Waals surface area contributed by atoms with Crippen LogP contribution >= 0.6 is 11.8 Å². The first kappa shape index (κ1) is 12.5. The molecule has 5 heteroatoms. The minimum Gasteiger partial charge on any atom is -0.361 e. The molecule has 0 spiro atoms. The van der Waals surface area contributed by atoms with Crippen LogP contribution in [0.1, 0.15) is 19.4 Å². The van der Waals surface area contributed by atoms with Crippen LogP contribution in [0.3, 0.4) is 0 Å². The van der Waals surface area contributed by atoms with E-state index in [-0.39, 0.29) is 0 Å². The zero-order valence-electron chi connectivity index (χ0n) is 10.7. The third-order valence-corrected chi connectivity index (χ3v) is 3.97. The lowest BCUT2D eigenvalue weighted by Gasteiger charge is -2.12. The highest BCUT2D eigenvalue weighted by Gasteiger charge is 2.22. The van der Waals surface area contributed by atoms with Crippen LogP contribution in [0.15, 0.2) is 17.4 Å². The number of hydrogen-bond donors (Lipinski definition) is 1. The van der Waals surface area contributed by atoms with Gasteiger partial charge in [0.1, 0.15) is 0 Å². The van der Waals surface area contributed by atoms with Gasteiger partial charge in [-0.3, -0.25) is 9.67 Å². The van der Waals surface area contributed by atoms with Gasteiger partial charge in [-0.05, 0) is 17.9 Å². The molecule has 1 saturated heterocycles. The highest BCUT2D eigenvalue weighted by atomic mass is 32.2. The fraction of sp³-hybridized carbons (Fsp3) is 0.667. The largest absolute Gasteiger partial charge is 0.361 e. The van der Waals surface area contributed by atoms with Crippen LogP contribution in [0.25, 0.3) is 0 Å². The van der Waals surface area contributed by atoms with Gasteiger partial charge in [0.05, 0.1) is 6.20 Å². The minimum atomic E-state index is 0.581. The van der Waals surface area contributed by atoms with Crippen LogP contribution in [0.2, 0.25) is 0 Å². The van der Waals surface area contributed by atoms with Crippen molar-refractivity contribution in [2.75, 3.05) is 12.3 Å². The third-order valence-electron chi connectivity index (χ3n) is 2.93. The lowest BCUT2D eigenvalue weighted by molar-refractivity contribution is 0.503. The molecule has 0 radical (unpaired) electrons. The summed E-state index contributed by atoms with van der Waals surface area (Å²) in [4.78, 5) is 4.59. The van der Waals surface area contributed by atoms with Gasteiger partial charge in [-0.15, -0.1) is 0 Å². The van der Waals surface area contributed by atoms with Crippen molar-refractivity contribution in [2.45, 2.75) is 26.3 Å². The number of amidine groups is 1. The van der Waals surface area contributed by atoms with Crippen molar-refractivity contribution in [3.8, 4) is 0 Å². The van der Waals surface area contributed by atoms with Gasteiger partial charge in [-0.1, -0.05) is 25.6 Å². The van der Waals surface area contributed by atoms with E-state index in [1.807, 2.05) is 35.9 Å². The predicted octanol–water partition coefficient (Wildman–Crippen LogP) is 1.68. The van der Waals surface area contributed by atoms with Gasteiger partial charge in [0.25, 0.3) is 0 Å². The Bertz CT molecular complexity index is 397. The van der Waals surface area contributed by atoms with E-state index in [0.29, 0.717) is 12.0 Å². The van der Waals surface area contributed by atoms with E-state index in [2.05, 4.69) is 29.3 Å². The second-order valence-electron chi connectivity index (χ2n) is 4.76. The first-order valence-corrected chi connectivity index (χ1v) is 7.05. The smallest absolute Gasteiger partial charge is 0.156 e. The van der Waals surface area contributed by atoms with Crippen LogP contribution < -0.4 is 5.32 Å². The van der Waals surface area contributed by atoms with E-state index < -0.39 is 0 Å². The van der Waals surface area contributed by atoms with Crippen molar-refractivity contribution in [3.05, 3.63) is 18.0 Å². The Hall–Kier alpha value is -0.970. The van der Waals surface area contributed by atoms with Gasteiger partial charge in [-0.2, -0.15) is 5.10 Å². The molecule has 4 nitrogen and oxygen atoms in total. The Morgan fingerprint density at radius 3 is 3.06 bits per heavy atom. The quantitative estimate of drug-likeness (QED) is 0.886. The minimum absolute atomic E-state index is 0.581. The molecule has 1 aliphatic heterocycles. The Morgan fingerprint density at radius 1 is 1.65 bits per heavy atom. The van der Waals surface area contributed by atoms with Crippen molar-refractivity contribution in [1.82, 2.24) is 15.1 Å². The Kier molecular flexibility index (Phi) is 4.10. The van der Waals surface area contributed by atoms with E-state index in [0.717, 1.165) is 23.9 Å². The molecule has 1 aromatic heterocycles. The number of hydrogen-bond acceptors (Lipinski definition) is 3. The molecule has 2 rings (SSSR count). The topological polar surface area (TPSA) is 42.2 Å². The van der Waals surface area contributed by atoms with Gasteiger partial charge < -0.3 is 5.32 Å². The number of aryl methyl sites for hydroxylation is 1. The van der Waals surface area contributed by atoms with Gasteiger partial charge in [0, 0.05) is 31.6 Å². The van der Waals surface area contributed by atoms with Gasteiger partial charge >= 0.3 is 0 Å². The summed E-state index contributed by atoms with van der Waals surface area (Å²) in [7, 11) is 1.94. The molecule has 1 atom stereocenters. The third kappa shape index (κ3) is 3.49. The standard InChI is InChI=1S/C12H20N4S/c1-9(2)11-8-17-12(15-11)13-5-4-10-6-14-16(3)7-10/h6-7,9,11H,4-5,8H2,1-3H3,(H,13,15)/t11-/m1/s1. The predicted molar refractivity (Wildman–Crippen MR) is 73.4 cm³/mol. The van der Waals surface area contributed by atoms with Crippen LogP contribution in [-0.4, -0.2) is 33.3 Å². The van der Waals surface area contributed by atoms with Gasteiger partial charge in [0.2, 0.25) is 0 Å². The van der Waals surface area contributed by atoms with Crippen LogP contribution in [-0.2, 0) is 13.5 Å². The summed E-state index contributed by atoms with van der Waals surface area (Å²) < 4.78 is 1.83. The lowest BCUT2D eigenvalue weighted by Crippen LogP contribution is -2.31. The summed E-state index contributed by atoms with van der Waals surface area (Å²) in [6.07, 6.45) is 4.92.